The van der Waals surface area contributed by atoms with E-state index in [0.29, 0.717) is 6.42 Å². The molecule has 12 heavy (non-hydrogen) atoms. The number of hydrogen-bond donors (Lipinski definition) is 2. The largest absolute Gasteiger partial charge is 0.391 e. The van der Waals surface area contributed by atoms with Gasteiger partial charge >= 0.3 is 0 Å². The van der Waals surface area contributed by atoms with Crippen LogP contribution in [0.15, 0.2) is 0 Å². The molecule has 1 aliphatic rings. The standard InChI is InChI=1S/C8H16O4/c1-5(9)7-8(2,11-3)4-6(10)12-7/h5-7,9-10H,4H2,1-3H3/t5-,6-,7-,8+/m0/s1. The highest BCUT2D eigenvalue weighted by atomic mass is 16.6. The topological polar surface area (TPSA) is 58.9 Å². The Bertz CT molecular complexity index is 159. The summed E-state index contributed by atoms with van der Waals surface area (Å²) in [6, 6.07) is 0. The molecule has 2 N–H and O–H groups in total. The minimum absolute atomic E-state index is 0.402. The second-order valence-electron chi connectivity index (χ2n) is 3.47. The molecule has 0 amide bonds. The summed E-state index contributed by atoms with van der Waals surface area (Å²) in [5, 5.41) is 18.5. The van der Waals surface area contributed by atoms with Crippen LogP contribution < -0.4 is 0 Å². The molecule has 1 rings (SSSR count). The van der Waals surface area contributed by atoms with Crippen LogP contribution in [0.4, 0.5) is 0 Å². The summed E-state index contributed by atoms with van der Waals surface area (Å²) in [5.41, 5.74) is -0.576. The van der Waals surface area contributed by atoms with E-state index in [1.54, 1.807) is 14.0 Å². The number of aliphatic hydroxyl groups is 2. The number of aliphatic hydroxyl groups excluding tert-OH is 2. The maximum Gasteiger partial charge on any atom is 0.158 e. The molecule has 0 bridgehead atoms. The van der Waals surface area contributed by atoms with Gasteiger partial charge in [0.1, 0.15) is 6.10 Å². The van der Waals surface area contributed by atoms with Crippen molar-refractivity contribution in [1.29, 1.82) is 0 Å². The van der Waals surface area contributed by atoms with Crippen molar-refractivity contribution in [2.45, 2.75) is 44.4 Å². The van der Waals surface area contributed by atoms with Crippen LogP contribution in [-0.2, 0) is 9.47 Å². The summed E-state index contributed by atoms with van der Waals surface area (Å²) >= 11 is 0. The average molecular weight is 176 g/mol. The van der Waals surface area contributed by atoms with Gasteiger partial charge in [0.15, 0.2) is 6.29 Å². The molecule has 1 heterocycles. The molecule has 0 unspecified atom stereocenters. The number of hydrogen-bond acceptors (Lipinski definition) is 4. The third kappa shape index (κ3) is 1.61. The van der Waals surface area contributed by atoms with Gasteiger partial charge in [0.2, 0.25) is 0 Å². The third-order valence-corrected chi connectivity index (χ3v) is 2.39. The Morgan fingerprint density at radius 2 is 2.25 bits per heavy atom. The van der Waals surface area contributed by atoms with Gasteiger partial charge in [-0.3, -0.25) is 0 Å². The smallest absolute Gasteiger partial charge is 0.158 e. The van der Waals surface area contributed by atoms with E-state index in [1.165, 1.54) is 0 Å². The molecule has 4 nitrogen and oxygen atoms in total. The fourth-order valence-electron chi connectivity index (χ4n) is 1.65. The minimum atomic E-state index is -0.824. The zero-order valence-corrected chi connectivity index (χ0v) is 7.65. The molecule has 0 spiro atoms. The van der Waals surface area contributed by atoms with E-state index in [0.717, 1.165) is 0 Å². The Morgan fingerprint density at radius 3 is 2.58 bits per heavy atom. The normalized spacial score (nSPS) is 44.8. The molecule has 0 aromatic heterocycles. The quantitative estimate of drug-likeness (QED) is 0.616. The molecule has 0 aliphatic carbocycles. The average Bonchev–Trinajstić information content (AvgIpc) is 2.27. The lowest BCUT2D eigenvalue weighted by molar-refractivity contribution is -0.143. The SMILES string of the molecule is CO[C@]1(C)C[C@@H](O)O[C@H]1[C@H](C)O. The Balaban J connectivity index is 2.72. The summed E-state index contributed by atoms with van der Waals surface area (Å²) in [5.74, 6) is 0. The second kappa shape index (κ2) is 3.30. The molecule has 1 saturated heterocycles. The Kier molecular flexibility index (Phi) is 2.73. The predicted molar refractivity (Wildman–Crippen MR) is 42.6 cm³/mol. The Morgan fingerprint density at radius 1 is 1.67 bits per heavy atom. The lowest BCUT2D eigenvalue weighted by atomic mass is 9.94. The Labute approximate surface area is 72.1 Å². The first kappa shape index (κ1) is 9.92. The molecule has 0 radical (unpaired) electrons. The zero-order chi connectivity index (χ0) is 9.35. The molecule has 4 atom stereocenters. The summed E-state index contributed by atoms with van der Waals surface area (Å²) < 4.78 is 10.3. The zero-order valence-electron chi connectivity index (χ0n) is 7.65. The van der Waals surface area contributed by atoms with Gasteiger partial charge in [0.05, 0.1) is 11.7 Å². The van der Waals surface area contributed by atoms with Crippen molar-refractivity contribution < 1.29 is 19.7 Å². The van der Waals surface area contributed by atoms with Gasteiger partial charge in [-0.2, -0.15) is 0 Å². The highest BCUT2D eigenvalue weighted by molar-refractivity contribution is 4.94. The van der Waals surface area contributed by atoms with Crippen LogP contribution in [0.2, 0.25) is 0 Å². The molecule has 1 fully saturated rings. The van der Waals surface area contributed by atoms with E-state index in [2.05, 4.69) is 0 Å². The van der Waals surface area contributed by atoms with Crippen molar-refractivity contribution in [3.8, 4) is 0 Å². The van der Waals surface area contributed by atoms with E-state index < -0.39 is 24.1 Å². The molecule has 72 valence electrons. The maximum atomic E-state index is 9.32. The molecular weight excluding hydrogens is 160 g/mol. The summed E-state index contributed by atoms with van der Waals surface area (Å²) in [6.07, 6.45) is -1.50. The van der Waals surface area contributed by atoms with E-state index >= 15 is 0 Å². The minimum Gasteiger partial charge on any atom is -0.391 e. The van der Waals surface area contributed by atoms with Crippen molar-refractivity contribution in [1.82, 2.24) is 0 Å². The highest BCUT2D eigenvalue weighted by Crippen LogP contribution is 2.33. The van der Waals surface area contributed by atoms with Gasteiger partial charge in [0.25, 0.3) is 0 Å². The number of rotatable bonds is 2. The first-order valence-corrected chi connectivity index (χ1v) is 4.06. The predicted octanol–water partition coefficient (Wildman–Crippen LogP) is -0.120. The molecule has 1 aliphatic heterocycles. The van der Waals surface area contributed by atoms with Crippen molar-refractivity contribution in [2.75, 3.05) is 7.11 Å². The van der Waals surface area contributed by atoms with E-state index in [1.807, 2.05) is 6.92 Å². The summed E-state index contributed by atoms with van der Waals surface area (Å²) in [7, 11) is 1.55. The second-order valence-corrected chi connectivity index (χ2v) is 3.47. The lowest BCUT2D eigenvalue weighted by Gasteiger charge is -2.29. The summed E-state index contributed by atoms with van der Waals surface area (Å²) in [6.45, 7) is 3.45. The van der Waals surface area contributed by atoms with Crippen LogP contribution in [0.3, 0.4) is 0 Å². The van der Waals surface area contributed by atoms with Crippen LogP contribution in [0.5, 0.6) is 0 Å². The van der Waals surface area contributed by atoms with E-state index in [9.17, 15) is 10.2 Å². The monoisotopic (exact) mass is 176 g/mol. The number of methoxy groups -OCH3 is 1. The van der Waals surface area contributed by atoms with Gasteiger partial charge < -0.3 is 19.7 Å². The fraction of sp³-hybridized carbons (Fsp3) is 1.00. The van der Waals surface area contributed by atoms with Gasteiger partial charge in [0, 0.05) is 13.5 Å². The molecular formula is C8H16O4. The number of ether oxygens (including phenoxy) is 2. The highest BCUT2D eigenvalue weighted by Gasteiger charge is 2.47. The van der Waals surface area contributed by atoms with Crippen LogP contribution in [0, 0.1) is 0 Å². The van der Waals surface area contributed by atoms with Crippen molar-refractivity contribution in [2.24, 2.45) is 0 Å². The molecule has 0 aromatic carbocycles. The van der Waals surface area contributed by atoms with E-state index in [-0.39, 0.29) is 0 Å². The van der Waals surface area contributed by atoms with Crippen LogP contribution in [-0.4, -0.2) is 41.4 Å². The summed E-state index contributed by atoms with van der Waals surface area (Å²) in [4.78, 5) is 0. The van der Waals surface area contributed by atoms with Crippen LogP contribution in [0.1, 0.15) is 20.3 Å². The molecule has 0 aromatic rings. The van der Waals surface area contributed by atoms with Crippen molar-refractivity contribution >= 4 is 0 Å². The lowest BCUT2D eigenvalue weighted by Crippen LogP contribution is -2.43. The molecule has 0 saturated carbocycles. The van der Waals surface area contributed by atoms with Gasteiger partial charge in [-0.05, 0) is 13.8 Å². The van der Waals surface area contributed by atoms with Gasteiger partial charge in [-0.1, -0.05) is 0 Å². The van der Waals surface area contributed by atoms with Crippen LogP contribution >= 0.6 is 0 Å². The van der Waals surface area contributed by atoms with Crippen molar-refractivity contribution in [3.63, 3.8) is 0 Å². The van der Waals surface area contributed by atoms with E-state index in [4.69, 9.17) is 9.47 Å². The van der Waals surface area contributed by atoms with Crippen molar-refractivity contribution in [3.05, 3.63) is 0 Å². The van der Waals surface area contributed by atoms with Crippen LogP contribution in [0.25, 0.3) is 0 Å². The maximum absolute atomic E-state index is 9.32. The molecule has 4 heteroatoms. The Hall–Kier alpha value is -0.160. The van der Waals surface area contributed by atoms with Gasteiger partial charge in [-0.15, -0.1) is 0 Å². The fourth-order valence-corrected chi connectivity index (χ4v) is 1.65. The first-order chi connectivity index (χ1) is 5.49. The third-order valence-electron chi connectivity index (χ3n) is 2.39. The van der Waals surface area contributed by atoms with Gasteiger partial charge in [-0.25, -0.2) is 0 Å². The first-order valence-electron chi connectivity index (χ1n) is 4.06.